The van der Waals surface area contributed by atoms with Crippen LogP contribution in [0.25, 0.3) is 0 Å². The van der Waals surface area contributed by atoms with E-state index in [1.54, 1.807) is 11.8 Å². The Morgan fingerprint density at radius 1 is 1.36 bits per heavy atom. The Balaban J connectivity index is 0.000000461. The molecule has 62 valence electrons. The summed E-state index contributed by atoms with van der Waals surface area (Å²) in [6, 6.07) is 4.09. The topological polar surface area (TPSA) is 12.9 Å². The van der Waals surface area contributed by atoms with Crippen LogP contribution in [0.15, 0.2) is 23.2 Å². The molecule has 0 aliphatic carbocycles. The van der Waals surface area contributed by atoms with E-state index in [0.29, 0.717) is 0 Å². The maximum Gasteiger partial charge on any atom is 0.0383 e. The number of rotatable bonds is 1. The van der Waals surface area contributed by atoms with Crippen molar-refractivity contribution in [1.82, 2.24) is 4.98 Å². The van der Waals surface area contributed by atoms with Crippen molar-refractivity contribution in [3.8, 4) is 0 Å². The first-order chi connectivity index (χ1) is 5.33. The van der Waals surface area contributed by atoms with E-state index < -0.39 is 0 Å². The van der Waals surface area contributed by atoms with E-state index in [9.17, 15) is 0 Å². The number of hydrogen-bond acceptors (Lipinski definition) is 2. The average molecular weight is 169 g/mol. The van der Waals surface area contributed by atoms with Crippen LogP contribution in [0, 0.1) is 6.92 Å². The quantitative estimate of drug-likeness (QED) is 0.599. The van der Waals surface area contributed by atoms with Crippen LogP contribution < -0.4 is 0 Å². The average Bonchev–Trinajstić information content (AvgIpc) is 2.08. The largest absolute Gasteiger partial charge is 0.262 e. The molecule has 0 atom stereocenters. The molecule has 0 saturated carbocycles. The van der Waals surface area contributed by atoms with Crippen molar-refractivity contribution in [2.75, 3.05) is 6.26 Å². The third-order valence-corrected chi connectivity index (χ3v) is 1.83. The SMILES string of the molecule is CC.CSc1ccnc(C)c1. The Bertz CT molecular complexity index is 199. The van der Waals surface area contributed by atoms with E-state index in [-0.39, 0.29) is 0 Å². The molecule has 0 aliphatic rings. The van der Waals surface area contributed by atoms with Gasteiger partial charge in [0.15, 0.2) is 0 Å². The Morgan fingerprint density at radius 2 is 2.00 bits per heavy atom. The van der Waals surface area contributed by atoms with E-state index in [1.807, 2.05) is 33.0 Å². The molecule has 0 aromatic carbocycles. The number of thioether (sulfide) groups is 1. The first-order valence-electron chi connectivity index (χ1n) is 3.79. The van der Waals surface area contributed by atoms with Gasteiger partial charge in [0.1, 0.15) is 0 Å². The van der Waals surface area contributed by atoms with Gasteiger partial charge in [-0.1, -0.05) is 13.8 Å². The first-order valence-corrected chi connectivity index (χ1v) is 5.02. The van der Waals surface area contributed by atoms with Crippen molar-refractivity contribution >= 4 is 11.8 Å². The van der Waals surface area contributed by atoms with Crippen LogP contribution in [-0.4, -0.2) is 11.2 Å². The molecular weight excluding hydrogens is 154 g/mol. The van der Waals surface area contributed by atoms with Crippen LogP contribution in [0.1, 0.15) is 19.5 Å². The van der Waals surface area contributed by atoms with Crippen LogP contribution in [-0.2, 0) is 0 Å². The Labute approximate surface area is 73.2 Å². The molecule has 0 fully saturated rings. The molecule has 1 heterocycles. The monoisotopic (exact) mass is 169 g/mol. The summed E-state index contributed by atoms with van der Waals surface area (Å²) in [4.78, 5) is 5.35. The lowest BCUT2D eigenvalue weighted by molar-refractivity contribution is 1.16. The summed E-state index contributed by atoms with van der Waals surface area (Å²) in [5.41, 5.74) is 1.09. The highest BCUT2D eigenvalue weighted by Crippen LogP contribution is 2.12. The standard InChI is InChI=1S/C7H9NS.C2H6/c1-6-5-7(9-2)3-4-8-6;1-2/h3-5H,1-2H3;1-2H3. The number of aryl methyl sites for hydroxylation is 1. The van der Waals surface area contributed by atoms with Crippen molar-refractivity contribution < 1.29 is 0 Å². The molecule has 2 heteroatoms. The summed E-state index contributed by atoms with van der Waals surface area (Å²) in [6.45, 7) is 6.00. The molecule has 1 nitrogen and oxygen atoms in total. The van der Waals surface area contributed by atoms with Gasteiger partial charge in [0.2, 0.25) is 0 Å². The van der Waals surface area contributed by atoms with Crippen LogP contribution in [0.4, 0.5) is 0 Å². The van der Waals surface area contributed by atoms with Crippen LogP contribution in [0.5, 0.6) is 0 Å². The second-order valence-electron chi connectivity index (χ2n) is 1.84. The number of aromatic nitrogens is 1. The van der Waals surface area contributed by atoms with Crippen molar-refractivity contribution in [2.24, 2.45) is 0 Å². The molecule has 1 aromatic rings. The minimum atomic E-state index is 1.09. The lowest BCUT2D eigenvalue weighted by Gasteiger charge is -1.94. The Morgan fingerprint density at radius 3 is 2.36 bits per heavy atom. The van der Waals surface area contributed by atoms with E-state index in [1.165, 1.54) is 4.90 Å². The fourth-order valence-corrected chi connectivity index (χ4v) is 1.13. The number of hydrogen-bond donors (Lipinski definition) is 0. The van der Waals surface area contributed by atoms with Gasteiger partial charge in [-0.2, -0.15) is 0 Å². The van der Waals surface area contributed by atoms with Crippen LogP contribution in [0.2, 0.25) is 0 Å². The summed E-state index contributed by atoms with van der Waals surface area (Å²) in [5, 5.41) is 0. The molecule has 11 heavy (non-hydrogen) atoms. The second kappa shape index (κ2) is 6.23. The summed E-state index contributed by atoms with van der Waals surface area (Å²) in [7, 11) is 0. The fraction of sp³-hybridized carbons (Fsp3) is 0.444. The summed E-state index contributed by atoms with van der Waals surface area (Å²) >= 11 is 1.74. The maximum absolute atomic E-state index is 4.07. The summed E-state index contributed by atoms with van der Waals surface area (Å²) < 4.78 is 0. The second-order valence-corrected chi connectivity index (χ2v) is 2.72. The smallest absolute Gasteiger partial charge is 0.0383 e. The molecule has 0 spiro atoms. The van der Waals surface area contributed by atoms with Crippen molar-refractivity contribution in [2.45, 2.75) is 25.7 Å². The van der Waals surface area contributed by atoms with Gasteiger partial charge in [-0.25, -0.2) is 0 Å². The molecule has 0 aliphatic heterocycles. The van der Waals surface area contributed by atoms with Gasteiger partial charge >= 0.3 is 0 Å². The van der Waals surface area contributed by atoms with E-state index in [4.69, 9.17) is 0 Å². The third kappa shape index (κ3) is 4.04. The van der Waals surface area contributed by atoms with Gasteiger partial charge < -0.3 is 0 Å². The van der Waals surface area contributed by atoms with Crippen LogP contribution >= 0.6 is 11.8 Å². The van der Waals surface area contributed by atoms with Crippen LogP contribution in [0.3, 0.4) is 0 Å². The normalized spacial score (nSPS) is 8.36. The Kier molecular flexibility index (Phi) is 5.94. The number of nitrogens with zero attached hydrogens (tertiary/aromatic N) is 1. The lowest BCUT2D eigenvalue weighted by atomic mass is 10.4. The summed E-state index contributed by atoms with van der Waals surface area (Å²) in [6.07, 6.45) is 3.90. The zero-order valence-corrected chi connectivity index (χ0v) is 8.40. The van der Waals surface area contributed by atoms with Crippen molar-refractivity contribution in [3.05, 3.63) is 24.0 Å². The molecule has 0 amide bonds. The predicted molar refractivity (Wildman–Crippen MR) is 52.1 cm³/mol. The predicted octanol–water partition coefficient (Wildman–Crippen LogP) is 3.14. The highest BCUT2D eigenvalue weighted by atomic mass is 32.2. The maximum atomic E-state index is 4.07. The van der Waals surface area contributed by atoms with Gasteiger partial charge in [0.25, 0.3) is 0 Å². The molecule has 0 radical (unpaired) electrons. The van der Waals surface area contributed by atoms with E-state index in [2.05, 4.69) is 17.3 Å². The zero-order valence-electron chi connectivity index (χ0n) is 7.59. The van der Waals surface area contributed by atoms with Gasteiger partial charge in [-0.15, -0.1) is 11.8 Å². The summed E-state index contributed by atoms with van der Waals surface area (Å²) in [5.74, 6) is 0. The third-order valence-electron chi connectivity index (χ3n) is 1.10. The van der Waals surface area contributed by atoms with Crippen molar-refractivity contribution in [3.63, 3.8) is 0 Å². The zero-order chi connectivity index (χ0) is 8.69. The van der Waals surface area contributed by atoms with Gasteiger partial charge in [-0.05, 0) is 25.3 Å². The number of pyridine rings is 1. The molecule has 0 bridgehead atoms. The molecule has 0 N–H and O–H groups in total. The molecule has 0 unspecified atom stereocenters. The lowest BCUT2D eigenvalue weighted by Crippen LogP contribution is -1.77. The molecule has 0 saturated heterocycles. The fourth-order valence-electron chi connectivity index (χ4n) is 0.647. The van der Waals surface area contributed by atoms with Gasteiger partial charge in [-0.3, -0.25) is 4.98 Å². The minimum absolute atomic E-state index is 1.09. The Hall–Kier alpha value is -0.500. The van der Waals surface area contributed by atoms with E-state index in [0.717, 1.165) is 5.69 Å². The minimum Gasteiger partial charge on any atom is -0.262 e. The molecular formula is C9H15NS. The highest BCUT2D eigenvalue weighted by Gasteiger charge is 1.87. The van der Waals surface area contributed by atoms with Gasteiger partial charge in [0.05, 0.1) is 0 Å². The molecule has 1 rings (SSSR count). The van der Waals surface area contributed by atoms with E-state index >= 15 is 0 Å². The van der Waals surface area contributed by atoms with Crippen molar-refractivity contribution in [1.29, 1.82) is 0 Å². The highest BCUT2D eigenvalue weighted by molar-refractivity contribution is 7.98. The van der Waals surface area contributed by atoms with Gasteiger partial charge in [0, 0.05) is 16.8 Å². The first kappa shape index (κ1) is 10.5. The molecule has 1 aromatic heterocycles.